The summed E-state index contributed by atoms with van der Waals surface area (Å²) < 4.78 is 4.88. The van der Waals surface area contributed by atoms with Crippen LogP contribution in [0.25, 0.3) is 0 Å². The first-order chi connectivity index (χ1) is 13.9. The number of amides is 2. The molecule has 3 rings (SSSR count). The molecule has 2 heterocycles. The Morgan fingerprint density at radius 1 is 1.34 bits per heavy atom. The summed E-state index contributed by atoms with van der Waals surface area (Å²) in [4.78, 5) is 40.6. The molecule has 1 aromatic heterocycles. The number of aryl methyl sites for hydroxylation is 1. The van der Waals surface area contributed by atoms with E-state index in [1.54, 1.807) is 30.5 Å². The average Bonchev–Trinajstić information content (AvgIpc) is 3.11. The van der Waals surface area contributed by atoms with Crippen LogP contribution < -0.4 is 10.3 Å². The first-order valence-corrected chi connectivity index (χ1v) is 10.2. The number of hydrazone groups is 1. The van der Waals surface area contributed by atoms with Crippen LogP contribution in [0.1, 0.15) is 31.0 Å². The van der Waals surface area contributed by atoms with E-state index >= 15 is 0 Å². The monoisotopic (exact) mass is 434 g/mol. The van der Waals surface area contributed by atoms with Crippen molar-refractivity contribution in [3.63, 3.8) is 0 Å². The number of hydrogen-bond donors (Lipinski definition) is 1. The molecule has 0 atom stereocenters. The number of anilines is 2. The third kappa shape index (κ3) is 5.18. The van der Waals surface area contributed by atoms with Crippen LogP contribution in [0.5, 0.6) is 0 Å². The molecule has 0 saturated carbocycles. The van der Waals surface area contributed by atoms with Gasteiger partial charge in [0, 0.05) is 23.2 Å². The zero-order chi connectivity index (χ0) is 21.0. The fourth-order valence-electron chi connectivity index (χ4n) is 2.61. The second-order valence-electron chi connectivity index (χ2n) is 6.27. The largest absolute Gasteiger partial charge is 0.466 e. The van der Waals surface area contributed by atoms with Gasteiger partial charge in [0.1, 0.15) is 5.71 Å². The quantitative estimate of drug-likeness (QED) is 0.702. The first kappa shape index (κ1) is 20.9. The van der Waals surface area contributed by atoms with Crippen LogP contribution in [0.3, 0.4) is 0 Å². The second kappa shape index (κ2) is 9.15. The average molecular weight is 435 g/mol. The van der Waals surface area contributed by atoms with Crippen molar-refractivity contribution >= 4 is 57.3 Å². The Kier molecular flexibility index (Phi) is 6.60. The molecule has 0 saturated heterocycles. The molecule has 10 heteroatoms. The van der Waals surface area contributed by atoms with Crippen LogP contribution in [-0.2, 0) is 25.5 Å². The Bertz CT molecular complexity index is 988. The van der Waals surface area contributed by atoms with Gasteiger partial charge < -0.3 is 4.74 Å². The molecule has 0 fully saturated rings. The highest BCUT2D eigenvalue weighted by molar-refractivity contribution is 7.14. The maximum Gasteiger partial charge on any atom is 0.311 e. The number of ether oxygens (including phenoxy) is 1. The Hall–Kier alpha value is -2.78. The number of carbonyl (C=O) groups excluding carboxylic acids is 3. The van der Waals surface area contributed by atoms with E-state index < -0.39 is 5.91 Å². The number of benzene rings is 1. The Balaban J connectivity index is 1.71. The minimum absolute atomic E-state index is 0.0393. The molecule has 0 aliphatic carbocycles. The highest BCUT2D eigenvalue weighted by atomic mass is 35.5. The van der Waals surface area contributed by atoms with Gasteiger partial charge in [-0.25, -0.2) is 9.99 Å². The minimum Gasteiger partial charge on any atom is -0.466 e. The van der Waals surface area contributed by atoms with E-state index in [1.807, 2.05) is 6.92 Å². The first-order valence-electron chi connectivity index (χ1n) is 8.95. The molecule has 8 nitrogen and oxygen atoms in total. The van der Waals surface area contributed by atoms with Crippen molar-refractivity contribution in [2.75, 3.05) is 16.9 Å². The third-order valence-electron chi connectivity index (χ3n) is 4.10. The molecule has 1 N–H and O–H groups in total. The fraction of sp³-hybridized carbons (Fsp3) is 0.316. The number of halogens is 1. The molecule has 1 aromatic carbocycles. The van der Waals surface area contributed by atoms with Gasteiger partial charge in [-0.2, -0.15) is 5.10 Å². The van der Waals surface area contributed by atoms with E-state index in [9.17, 15) is 14.4 Å². The van der Waals surface area contributed by atoms with E-state index in [4.69, 9.17) is 16.3 Å². The number of rotatable bonds is 6. The van der Waals surface area contributed by atoms with E-state index in [0.717, 1.165) is 5.56 Å². The Morgan fingerprint density at radius 2 is 2.14 bits per heavy atom. The Labute approximate surface area is 176 Å². The van der Waals surface area contributed by atoms with Gasteiger partial charge in [0.05, 0.1) is 24.4 Å². The van der Waals surface area contributed by atoms with E-state index in [-0.39, 0.29) is 36.9 Å². The van der Waals surface area contributed by atoms with Gasteiger partial charge in [-0.3, -0.25) is 19.7 Å². The van der Waals surface area contributed by atoms with Gasteiger partial charge in [-0.1, -0.05) is 17.7 Å². The molecule has 0 bridgehead atoms. The number of thiazole rings is 1. The molecule has 0 spiro atoms. The molecule has 0 radical (unpaired) electrons. The summed E-state index contributed by atoms with van der Waals surface area (Å²) in [6.45, 7) is 3.89. The predicted molar refractivity (Wildman–Crippen MR) is 111 cm³/mol. The van der Waals surface area contributed by atoms with Crippen molar-refractivity contribution in [2.45, 2.75) is 33.1 Å². The number of nitrogens with zero attached hydrogens (tertiary/aromatic N) is 3. The van der Waals surface area contributed by atoms with Gasteiger partial charge in [-0.15, -0.1) is 11.3 Å². The van der Waals surface area contributed by atoms with Crippen molar-refractivity contribution in [1.29, 1.82) is 0 Å². The summed E-state index contributed by atoms with van der Waals surface area (Å²) in [5.74, 6) is -1.04. The summed E-state index contributed by atoms with van der Waals surface area (Å²) in [5, 5.41) is 10.6. The Morgan fingerprint density at radius 3 is 2.86 bits per heavy atom. The number of carbonyl (C=O) groups is 3. The van der Waals surface area contributed by atoms with Crippen LogP contribution in [0, 0.1) is 6.92 Å². The topological polar surface area (TPSA) is 101 Å². The van der Waals surface area contributed by atoms with Crippen LogP contribution in [0.15, 0.2) is 28.7 Å². The van der Waals surface area contributed by atoms with Crippen molar-refractivity contribution in [3.05, 3.63) is 39.9 Å². The third-order valence-corrected chi connectivity index (χ3v) is 5.31. The maximum atomic E-state index is 12.6. The summed E-state index contributed by atoms with van der Waals surface area (Å²) in [7, 11) is 0. The van der Waals surface area contributed by atoms with E-state index in [1.165, 1.54) is 16.3 Å². The lowest BCUT2D eigenvalue weighted by Crippen LogP contribution is -2.36. The molecular formula is C19H19ClN4O4S. The second-order valence-corrected chi connectivity index (χ2v) is 7.53. The van der Waals surface area contributed by atoms with Crippen LogP contribution in [0.2, 0.25) is 5.02 Å². The molecule has 2 amide bonds. The highest BCUT2D eigenvalue weighted by Crippen LogP contribution is 2.26. The number of aromatic nitrogens is 1. The standard InChI is InChI=1S/C19H19ClN4O4S/c1-3-28-17(26)8-12-10-29-19(21-12)22-18(27)15-6-7-16(25)24(23-15)13-5-4-11(2)14(20)9-13/h4-5,9-10H,3,6-8H2,1-2H3,(H,21,22,27). The van der Waals surface area contributed by atoms with Crippen molar-refractivity contribution in [3.8, 4) is 0 Å². The molecule has 152 valence electrons. The zero-order valence-corrected chi connectivity index (χ0v) is 17.5. The van der Waals surface area contributed by atoms with Crippen molar-refractivity contribution in [2.24, 2.45) is 5.10 Å². The molecule has 2 aromatic rings. The van der Waals surface area contributed by atoms with Gasteiger partial charge in [0.25, 0.3) is 5.91 Å². The number of hydrogen-bond acceptors (Lipinski definition) is 7. The van der Waals surface area contributed by atoms with Gasteiger partial charge in [-0.05, 0) is 31.5 Å². The lowest BCUT2D eigenvalue weighted by molar-refractivity contribution is -0.142. The normalized spacial score (nSPS) is 13.8. The minimum atomic E-state index is -0.447. The predicted octanol–water partition coefficient (Wildman–Crippen LogP) is 3.33. The van der Waals surface area contributed by atoms with Crippen LogP contribution in [-0.4, -0.2) is 35.1 Å². The van der Waals surface area contributed by atoms with E-state index in [0.29, 0.717) is 28.1 Å². The van der Waals surface area contributed by atoms with Gasteiger partial charge in [0.15, 0.2) is 5.13 Å². The van der Waals surface area contributed by atoms with Crippen molar-refractivity contribution in [1.82, 2.24) is 4.98 Å². The summed E-state index contributed by atoms with van der Waals surface area (Å²) in [5.41, 5.74) is 2.11. The molecule has 1 aliphatic rings. The highest BCUT2D eigenvalue weighted by Gasteiger charge is 2.26. The van der Waals surface area contributed by atoms with E-state index in [2.05, 4.69) is 15.4 Å². The molecule has 0 unspecified atom stereocenters. The number of nitrogens with one attached hydrogen (secondary N) is 1. The van der Waals surface area contributed by atoms with Gasteiger partial charge in [0.2, 0.25) is 5.91 Å². The zero-order valence-electron chi connectivity index (χ0n) is 15.9. The molecule has 29 heavy (non-hydrogen) atoms. The lowest BCUT2D eigenvalue weighted by atomic mass is 10.1. The maximum absolute atomic E-state index is 12.6. The van der Waals surface area contributed by atoms with Crippen LogP contribution in [0.4, 0.5) is 10.8 Å². The molecular weight excluding hydrogens is 416 g/mol. The summed E-state index contributed by atoms with van der Waals surface area (Å²) >= 11 is 7.34. The fourth-order valence-corrected chi connectivity index (χ4v) is 3.49. The number of esters is 1. The van der Waals surface area contributed by atoms with Crippen LogP contribution >= 0.6 is 22.9 Å². The van der Waals surface area contributed by atoms with Gasteiger partial charge >= 0.3 is 5.97 Å². The van der Waals surface area contributed by atoms with Crippen molar-refractivity contribution < 1.29 is 19.1 Å². The summed E-state index contributed by atoms with van der Waals surface area (Å²) in [6.07, 6.45) is 0.420. The lowest BCUT2D eigenvalue weighted by Gasteiger charge is -2.23. The SMILES string of the molecule is CCOC(=O)Cc1csc(NC(=O)C2=NN(c3ccc(C)c(Cl)c3)C(=O)CC2)n1. The molecule has 1 aliphatic heterocycles. The summed E-state index contributed by atoms with van der Waals surface area (Å²) in [6, 6.07) is 5.16. The smallest absolute Gasteiger partial charge is 0.311 e.